The number of anilines is 1. The summed E-state index contributed by atoms with van der Waals surface area (Å²) in [7, 11) is 1.72. The van der Waals surface area contributed by atoms with Crippen molar-refractivity contribution >= 4 is 5.69 Å². The van der Waals surface area contributed by atoms with Gasteiger partial charge in [0.1, 0.15) is 5.75 Å². The van der Waals surface area contributed by atoms with Crippen LogP contribution in [-0.4, -0.2) is 31.8 Å². The van der Waals surface area contributed by atoms with Crippen LogP contribution >= 0.6 is 0 Å². The van der Waals surface area contributed by atoms with E-state index in [4.69, 9.17) is 4.74 Å². The third kappa shape index (κ3) is 2.64. The molecule has 1 saturated carbocycles. The minimum Gasteiger partial charge on any atom is -0.497 e. The Labute approximate surface area is 122 Å². The second-order valence-electron chi connectivity index (χ2n) is 6.40. The second kappa shape index (κ2) is 5.65. The summed E-state index contributed by atoms with van der Waals surface area (Å²) in [5.74, 6) is 0.934. The molecule has 1 heterocycles. The van der Waals surface area contributed by atoms with Gasteiger partial charge in [-0.05, 0) is 44.0 Å². The Morgan fingerprint density at radius 2 is 1.85 bits per heavy atom. The molecule has 1 atom stereocenters. The van der Waals surface area contributed by atoms with E-state index in [-0.39, 0.29) is 0 Å². The molecule has 0 aromatic heterocycles. The quantitative estimate of drug-likeness (QED) is 0.896. The van der Waals surface area contributed by atoms with Crippen LogP contribution in [0.4, 0.5) is 5.69 Å². The molecule has 1 aliphatic carbocycles. The lowest BCUT2D eigenvalue weighted by molar-refractivity contribution is 0.200. The minimum atomic E-state index is 0.352. The number of hydrogen-bond donors (Lipinski definition) is 1. The first-order valence-corrected chi connectivity index (χ1v) is 7.88. The maximum Gasteiger partial charge on any atom is 0.119 e. The number of benzene rings is 1. The van der Waals surface area contributed by atoms with Gasteiger partial charge in [0.2, 0.25) is 0 Å². The van der Waals surface area contributed by atoms with Crippen LogP contribution in [0.3, 0.4) is 0 Å². The summed E-state index contributed by atoms with van der Waals surface area (Å²) in [6, 6.07) is 9.07. The smallest absolute Gasteiger partial charge is 0.119 e. The van der Waals surface area contributed by atoms with Gasteiger partial charge < -0.3 is 15.0 Å². The third-order valence-electron chi connectivity index (χ3n) is 4.99. The largest absolute Gasteiger partial charge is 0.497 e. The van der Waals surface area contributed by atoms with Gasteiger partial charge in [0, 0.05) is 30.4 Å². The molecule has 1 aromatic rings. The molecule has 2 fully saturated rings. The monoisotopic (exact) mass is 274 g/mol. The van der Waals surface area contributed by atoms with E-state index in [1.165, 1.54) is 37.8 Å². The van der Waals surface area contributed by atoms with Gasteiger partial charge in [0.05, 0.1) is 7.11 Å². The predicted octanol–water partition coefficient (Wildman–Crippen LogP) is 3.20. The SMILES string of the molecule is COc1ccc(N2CC3(CCCCC3)NCC2C)cc1. The summed E-state index contributed by atoms with van der Waals surface area (Å²) in [6.07, 6.45) is 6.80. The van der Waals surface area contributed by atoms with Gasteiger partial charge >= 0.3 is 0 Å². The summed E-state index contributed by atoms with van der Waals surface area (Å²) in [5.41, 5.74) is 1.68. The number of nitrogens with zero attached hydrogens (tertiary/aromatic N) is 1. The molecule has 0 bridgehead atoms. The molecule has 3 nitrogen and oxygen atoms in total. The Morgan fingerprint density at radius 1 is 1.15 bits per heavy atom. The van der Waals surface area contributed by atoms with Gasteiger partial charge in [-0.15, -0.1) is 0 Å². The fraction of sp³-hybridized carbons (Fsp3) is 0.647. The predicted molar refractivity (Wildman–Crippen MR) is 83.6 cm³/mol. The molecular formula is C17H26N2O. The van der Waals surface area contributed by atoms with Crippen molar-refractivity contribution in [3.63, 3.8) is 0 Å². The van der Waals surface area contributed by atoms with Crippen LogP contribution < -0.4 is 15.0 Å². The van der Waals surface area contributed by atoms with E-state index >= 15 is 0 Å². The molecule has 20 heavy (non-hydrogen) atoms. The molecule has 1 unspecified atom stereocenters. The molecule has 1 aliphatic heterocycles. The maximum atomic E-state index is 5.26. The van der Waals surface area contributed by atoms with Crippen LogP contribution in [0, 0.1) is 0 Å². The van der Waals surface area contributed by atoms with E-state index in [1.54, 1.807) is 7.11 Å². The Bertz CT molecular complexity index is 437. The number of piperazine rings is 1. The highest BCUT2D eigenvalue weighted by molar-refractivity contribution is 5.51. The average molecular weight is 274 g/mol. The molecule has 1 N–H and O–H groups in total. The molecule has 0 amide bonds. The lowest BCUT2D eigenvalue weighted by atomic mass is 9.79. The van der Waals surface area contributed by atoms with E-state index in [0.29, 0.717) is 11.6 Å². The van der Waals surface area contributed by atoms with Crippen LogP contribution in [-0.2, 0) is 0 Å². The topological polar surface area (TPSA) is 24.5 Å². The van der Waals surface area contributed by atoms with Crippen molar-refractivity contribution in [3.8, 4) is 5.75 Å². The molecule has 110 valence electrons. The summed E-state index contributed by atoms with van der Waals surface area (Å²) in [4.78, 5) is 2.57. The zero-order valence-electron chi connectivity index (χ0n) is 12.7. The molecule has 1 spiro atoms. The van der Waals surface area contributed by atoms with Crippen LogP contribution in [0.5, 0.6) is 5.75 Å². The Hall–Kier alpha value is -1.22. The fourth-order valence-corrected chi connectivity index (χ4v) is 3.70. The van der Waals surface area contributed by atoms with Gasteiger partial charge in [-0.25, -0.2) is 0 Å². The first kappa shape index (κ1) is 13.7. The van der Waals surface area contributed by atoms with Crippen LogP contribution in [0.2, 0.25) is 0 Å². The average Bonchev–Trinajstić information content (AvgIpc) is 2.51. The molecule has 0 radical (unpaired) electrons. The van der Waals surface area contributed by atoms with E-state index in [2.05, 4.69) is 41.4 Å². The first-order chi connectivity index (χ1) is 9.72. The lowest BCUT2D eigenvalue weighted by Crippen LogP contribution is -2.64. The first-order valence-electron chi connectivity index (χ1n) is 7.88. The lowest BCUT2D eigenvalue weighted by Gasteiger charge is -2.50. The van der Waals surface area contributed by atoms with Gasteiger partial charge in [0.15, 0.2) is 0 Å². The number of hydrogen-bond acceptors (Lipinski definition) is 3. The van der Waals surface area contributed by atoms with Crippen molar-refractivity contribution in [2.75, 3.05) is 25.1 Å². The molecular weight excluding hydrogens is 248 g/mol. The van der Waals surface area contributed by atoms with E-state index in [1.807, 2.05) is 0 Å². The Kier molecular flexibility index (Phi) is 3.88. The summed E-state index contributed by atoms with van der Waals surface area (Å²) >= 11 is 0. The molecule has 1 saturated heterocycles. The highest BCUT2D eigenvalue weighted by Gasteiger charge is 2.38. The van der Waals surface area contributed by atoms with Crippen LogP contribution in [0.1, 0.15) is 39.0 Å². The van der Waals surface area contributed by atoms with Gasteiger partial charge in [-0.3, -0.25) is 0 Å². The van der Waals surface area contributed by atoms with Gasteiger partial charge in [-0.1, -0.05) is 19.3 Å². The van der Waals surface area contributed by atoms with Crippen molar-refractivity contribution in [2.45, 2.75) is 50.6 Å². The maximum absolute atomic E-state index is 5.26. The second-order valence-corrected chi connectivity index (χ2v) is 6.40. The van der Waals surface area contributed by atoms with Crippen molar-refractivity contribution in [3.05, 3.63) is 24.3 Å². The minimum absolute atomic E-state index is 0.352. The summed E-state index contributed by atoms with van der Waals surface area (Å²) in [6.45, 7) is 4.54. The number of ether oxygens (including phenoxy) is 1. The summed E-state index contributed by atoms with van der Waals surface area (Å²) < 4.78 is 5.26. The number of methoxy groups -OCH3 is 1. The standard InChI is InChI=1S/C17H26N2O/c1-14-12-18-17(10-4-3-5-11-17)13-19(14)15-6-8-16(20-2)9-7-15/h6-9,14,18H,3-5,10-13H2,1-2H3. The normalized spacial score (nSPS) is 25.7. The molecule has 3 rings (SSSR count). The van der Waals surface area contributed by atoms with Crippen LogP contribution in [0.25, 0.3) is 0 Å². The van der Waals surface area contributed by atoms with Crippen LogP contribution in [0.15, 0.2) is 24.3 Å². The zero-order chi connectivity index (χ0) is 14.0. The zero-order valence-corrected chi connectivity index (χ0v) is 12.7. The molecule has 1 aromatic carbocycles. The Morgan fingerprint density at radius 3 is 2.50 bits per heavy atom. The highest BCUT2D eigenvalue weighted by atomic mass is 16.5. The van der Waals surface area contributed by atoms with Crippen molar-refractivity contribution in [1.29, 1.82) is 0 Å². The number of rotatable bonds is 2. The van der Waals surface area contributed by atoms with E-state index in [9.17, 15) is 0 Å². The van der Waals surface area contributed by atoms with E-state index in [0.717, 1.165) is 18.8 Å². The van der Waals surface area contributed by atoms with Crippen molar-refractivity contribution < 1.29 is 4.74 Å². The van der Waals surface area contributed by atoms with Crippen molar-refractivity contribution in [2.24, 2.45) is 0 Å². The van der Waals surface area contributed by atoms with E-state index < -0.39 is 0 Å². The summed E-state index contributed by atoms with van der Waals surface area (Å²) in [5, 5.41) is 3.84. The third-order valence-corrected chi connectivity index (χ3v) is 4.99. The fourth-order valence-electron chi connectivity index (χ4n) is 3.70. The molecule has 3 heteroatoms. The molecule has 2 aliphatic rings. The Balaban J connectivity index is 1.78. The highest BCUT2D eigenvalue weighted by Crippen LogP contribution is 2.34. The van der Waals surface area contributed by atoms with Gasteiger partial charge in [-0.2, -0.15) is 0 Å². The number of nitrogens with one attached hydrogen (secondary N) is 1. The van der Waals surface area contributed by atoms with Gasteiger partial charge in [0.25, 0.3) is 0 Å². The van der Waals surface area contributed by atoms with Crippen molar-refractivity contribution in [1.82, 2.24) is 5.32 Å².